The SMILES string of the molecule is CO.O=C(O)/C=C/c1ccc(O)cc1. The van der Waals surface area contributed by atoms with Gasteiger partial charge in [-0.1, -0.05) is 12.1 Å². The first-order valence-corrected chi connectivity index (χ1v) is 3.83. The summed E-state index contributed by atoms with van der Waals surface area (Å²) in [6.07, 6.45) is 2.51. The summed E-state index contributed by atoms with van der Waals surface area (Å²) >= 11 is 0. The second-order valence-electron chi connectivity index (χ2n) is 2.26. The lowest BCUT2D eigenvalue weighted by atomic mass is 10.2. The summed E-state index contributed by atoms with van der Waals surface area (Å²) in [5.41, 5.74) is 0.746. The number of rotatable bonds is 2. The van der Waals surface area contributed by atoms with Gasteiger partial charge in [0.25, 0.3) is 0 Å². The minimum Gasteiger partial charge on any atom is -0.508 e. The van der Waals surface area contributed by atoms with Gasteiger partial charge in [-0.05, 0) is 23.8 Å². The Kier molecular flexibility index (Phi) is 5.82. The van der Waals surface area contributed by atoms with Crippen LogP contribution in [0.1, 0.15) is 5.56 Å². The molecule has 1 rings (SSSR count). The summed E-state index contributed by atoms with van der Waals surface area (Å²) in [7, 11) is 1.00. The molecule has 0 heterocycles. The molecule has 0 spiro atoms. The quantitative estimate of drug-likeness (QED) is 0.619. The number of hydrogen-bond donors (Lipinski definition) is 3. The maximum atomic E-state index is 10.1. The first-order chi connectivity index (χ1) is 6.68. The third-order valence-corrected chi connectivity index (χ3v) is 1.31. The monoisotopic (exact) mass is 196 g/mol. The molecule has 76 valence electrons. The fourth-order valence-corrected chi connectivity index (χ4v) is 0.753. The van der Waals surface area contributed by atoms with Gasteiger partial charge in [0.15, 0.2) is 0 Å². The molecule has 0 amide bonds. The second kappa shape index (κ2) is 6.68. The minimum absolute atomic E-state index is 0.169. The Hall–Kier alpha value is -1.81. The van der Waals surface area contributed by atoms with Crippen molar-refractivity contribution in [1.82, 2.24) is 0 Å². The fraction of sp³-hybridized carbons (Fsp3) is 0.100. The van der Waals surface area contributed by atoms with Crippen LogP contribution in [0.3, 0.4) is 0 Å². The van der Waals surface area contributed by atoms with E-state index in [1.807, 2.05) is 0 Å². The van der Waals surface area contributed by atoms with Crippen molar-refractivity contribution in [3.63, 3.8) is 0 Å². The van der Waals surface area contributed by atoms with Gasteiger partial charge in [-0.3, -0.25) is 0 Å². The number of carboxylic acids is 1. The Bertz CT molecular complexity index is 300. The van der Waals surface area contributed by atoms with Gasteiger partial charge in [-0.25, -0.2) is 4.79 Å². The van der Waals surface area contributed by atoms with Crippen molar-refractivity contribution in [2.75, 3.05) is 7.11 Å². The van der Waals surface area contributed by atoms with Crippen molar-refractivity contribution in [2.45, 2.75) is 0 Å². The highest BCUT2D eigenvalue weighted by atomic mass is 16.4. The Morgan fingerprint density at radius 2 is 1.71 bits per heavy atom. The van der Waals surface area contributed by atoms with Gasteiger partial charge in [0, 0.05) is 13.2 Å². The molecule has 4 nitrogen and oxygen atoms in total. The molecular formula is C10H12O4. The van der Waals surface area contributed by atoms with E-state index in [4.69, 9.17) is 15.3 Å². The molecule has 0 aliphatic carbocycles. The Morgan fingerprint density at radius 3 is 2.14 bits per heavy atom. The number of phenolic OH excluding ortho intramolecular Hbond substituents is 1. The number of aliphatic carboxylic acids is 1. The van der Waals surface area contributed by atoms with Crippen LogP contribution in [0.25, 0.3) is 6.08 Å². The molecule has 0 radical (unpaired) electrons. The number of aromatic hydroxyl groups is 1. The number of hydrogen-bond acceptors (Lipinski definition) is 3. The van der Waals surface area contributed by atoms with Gasteiger partial charge < -0.3 is 15.3 Å². The van der Waals surface area contributed by atoms with E-state index in [0.29, 0.717) is 0 Å². The van der Waals surface area contributed by atoms with Crippen molar-refractivity contribution < 1.29 is 20.1 Å². The van der Waals surface area contributed by atoms with Crippen LogP contribution in [-0.4, -0.2) is 28.4 Å². The lowest BCUT2D eigenvalue weighted by Crippen LogP contribution is -1.85. The fourth-order valence-electron chi connectivity index (χ4n) is 0.753. The third-order valence-electron chi connectivity index (χ3n) is 1.31. The first kappa shape index (κ1) is 12.2. The summed E-state index contributed by atoms with van der Waals surface area (Å²) in [6.45, 7) is 0. The molecule has 0 saturated heterocycles. The van der Waals surface area contributed by atoms with E-state index >= 15 is 0 Å². The van der Waals surface area contributed by atoms with Crippen molar-refractivity contribution >= 4 is 12.0 Å². The normalized spacial score (nSPS) is 9.29. The molecule has 0 bridgehead atoms. The van der Waals surface area contributed by atoms with Crippen molar-refractivity contribution in [3.8, 4) is 5.75 Å². The minimum atomic E-state index is -0.983. The average molecular weight is 196 g/mol. The standard InChI is InChI=1S/C9H8O3.CH4O/c10-8-4-1-7(2-5-8)3-6-9(11)12;1-2/h1-6,10H,(H,11,12);2H,1H3/b6-3+;. The van der Waals surface area contributed by atoms with Gasteiger partial charge >= 0.3 is 5.97 Å². The van der Waals surface area contributed by atoms with Crippen LogP contribution in [0.2, 0.25) is 0 Å². The lowest BCUT2D eigenvalue weighted by molar-refractivity contribution is -0.131. The molecule has 1 aromatic carbocycles. The molecule has 0 fully saturated rings. The Labute approximate surface area is 81.8 Å². The van der Waals surface area contributed by atoms with Crippen LogP contribution in [0, 0.1) is 0 Å². The summed E-state index contributed by atoms with van der Waals surface area (Å²) in [5, 5.41) is 24.2. The molecule has 4 heteroatoms. The molecule has 0 saturated carbocycles. The van der Waals surface area contributed by atoms with E-state index in [1.54, 1.807) is 12.1 Å². The third kappa shape index (κ3) is 4.95. The summed E-state index contributed by atoms with van der Waals surface area (Å²) in [4.78, 5) is 10.1. The van der Waals surface area contributed by atoms with Gasteiger partial charge in [-0.2, -0.15) is 0 Å². The van der Waals surface area contributed by atoms with Gasteiger partial charge in [-0.15, -0.1) is 0 Å². The van der Waals surface area contributed by atoms with Crippen LogP contribution < -0.4 is 0 Å². The zero-order chi connectivity index (χ0) is 11.0. The Balaban J connectivity index is 0.000000791. The molecule has 0 aliphatic rings. The summed E-state index contributed by atoms with van der Waals surface area (Å²) in [6, 6.07) is 6.27. The molecule has 0 aliphatic heterocycles. The summed E-state index contributed by atoms with van der Waals surface area (Å²) < 4.78 is 0. The van der Waals surface area contributed by atoms with E-state index in [1.165, 1.54) is 18.2 Å². The highest BCUT2D eigenvalue weighted by Crippen LogP contribution is 2.10. The van der Waals surface area contributed by atoms with E-state index in [2.05, 4.69) is 0 Å². The number of carboxylic acid groups (broad SMARTS) is 1. The first-order valence-electron chi connectivity index (χ1n) is 3.83. The number of carbonyl (C=O) groups is 1. The largest absolute Gasteiger partial charge is 0.508 e. The number of aliphatic hydroxyl groups excluding tert-OH is 1. The van der Waals surface area contributed by atoms with Crippen LogP contribution in [0.4, 0.5) is 0 Å². The van der Waals surface area contributed by atoms with Crippen LogP contribution in [0.15, 0.2) is 30.3 Å². The molecule has 14 heavy (non-hydrogen) atoms. The number of benzene rings is 1. The van der Waals surface area contributed by atoms with Crippen molar-refractivity contribution in [3.05, 3.63) is 35.9 Å². The van der Waals surface area contributed by atoms with Gasteiger partial charge in [0.2, 0.25) is 0 Å². The van der Waals surface area contributed by atoms with Crippen LogP contribution in [-0.2, 0) is 4.79 Å². The lowest BCUT2D eigenvalue weighted by Gasteiger charge is -1.92. The molecule has 3 N–H and O–H groups in total. The zero-order valence-electron chi connectivity index (χ0n) is 7.71. The van der Waals surface area contributed by atoms with Crippen molar-refractivity contribution in [1.29, 1.82) is 0 Å². The van der Waals surface area contributed by atoms with Gasteiger partial charge in [0.05, 0.1) is 0 Å². The van der Waals surface area contributed by atoms with Crippen LogP contribution >= 0.6 is 0 Å². The zero-order valence-corrected chi connectivity index (χ0v) is 7.71. The molecular weight excluding hydrogens is 184 g/mol. The maximum absolute atomic E-state index is 10.1. The predicted octanol–water partition coefficient (Wildman–Crippen LogP) is 1.10. The van der Waals surface area contributed by atoms with Gasteiger partial charge in [0.1, 0.15) is 5.75 Å². The smallest absolute Gasteiger partial charge is 0.328 e. The van der Waals surface area contributed by atoms with E-state index in [-0.39, 0.29) is 5.75 Å². The molecule has 1 aromatic rings. The number of phenols is 1. The summed E-state index contributed by atoms with van der Waals surface area (Å²) in [5.74, 6) is -0.814. The van der Waals surface area contributed by atoms with Crippen LogP contribution in [0.5, 0.6) is 5.75 Å². The molecule has 0 unspecified atom stereocenters. The topological polar surface area (TPSA) is 77.8 Å². The maximum Gasteiger partial charge on any atom is 0.328 e. The molecule has 0 atom stereocenters. The highest BCUT2D eigenvalue weighted by Gasteiger charge is 1.89. The highest BCUT2D eigenvalue weighted by molar-refractivity contribution is 5.85. The average Bonchev–Trinajstić information content (AvgIpc) is 2.20. The van der Waals surface area contributed by atoms with E-state index in [0.717, 1.165) is 18.7 Å². The number of aliphatic hydroxyl groups is 1. The molecule has 0 aromatic heterocycles. The second-order valence-corrected chi connectivity index (χ2v) is 2.26. The Morgan fingerprint density at radius 1 is 1.21 bits per heavy atom. The van der Waals surface area contributed by atoms with Crippen molar-refractivity contribution in [2.24, 2.45) is 0 Å². The van der Waals surface area contributed by atoms with E-state index in [9.17, 15) is 4.79 Å². The van der Waals surface area contributed by atoms with E-state index < -0.39 is 5.97 Å². The predicted molar refractivity (Wildman–Crippen MR) is 52.9 cm³/mol.